The fraction of sp³-hybridized carbons (Fsp3) is 0.714. The summed E-state index contributed by atoms with van der Waals surface area (Å²) in [6, 6.07) is 1.65. The van der Waals surface area contributed by atoms with Crippen molar-refractivity contribution in [1.29, 1.82) is 0 Å². The molecule has 3 heteroatoms. The lowest BCUT2D eigenvalue weighted by molar-refractivity contribution is 0.0905. The lowest BCUT2D eigenvalue weighted by Crippen LogP contribution is -2.45. The average Bonchev–Trinajstić information content (AvgIpc) is 2.29. The molecule has 0 N–H and O–H groups in total. The van der Waals surface area contributed by atoms with Crippen molar-refractivity contribution in [2.45, 2.75) is 64.8 Å². The van der Waals surface area contributed by atoms with Crippen LogP contribution in [0.15, 0.2) is 25.3 Å². The Morgan fingerprint density at radius 2 is 1.29 bits per heavy atom. The van der Waals surface area contributed by atoms with Crippen molar-refractivity contribution in [1.82, 2.24) is 0 Å². The molecule has 0 radical (unpaired) electrons. The van der Waals surface area contributed by atoms with Crippen LogP contribution in [-0.4, -0.2) is 20.8 Å². The molecular formula is C14H28O2Si. The molecule has 0 saturated heterocycles. The van der Waals surface area contributed by atoms with E-state index >= 15 is 0 Å². The fourth-order valence-electron chi connectivity index (χ4n) is 1.64. The SMILES string of the molecule is C=CC[Si](CC=C)(OC(C)CC)OC(C)CC. The number of allylic oxidation sites excluding steroid dienone is 2. The molecule has 2 unspecified atom stereocenters. The van der Waals surface area contributed by atoms with E-state index in [1.807, 2.05) is 12.2 Å². The molecule has 0 aromatic carbocycles. The Morgan fingerprint density at radius 1 is 0.941 bits per heavy atom. The van der Waals surface area contributed by atoms with Crippen molar-refractivity contribution >= 4 is 8.56 Å². The molecule has 100 valence electrons. The Labute approximate surface area is 108 Å². The van der Waals surface area contributed by atoms with E-state index in [1.54, 1.807) is 0 Å². The third-order valence-electron chi connectivity index (χ3n) is 2.89. The molecule has 0 fully saturated rings. The highest BCUT2D eigenvalue weighted by Crippen LogP contribution is 2.25. The van der Waals surface area contributed by atoms with E-state index < -0.39 is 8.56 Å². The summed E-state index contributed by atoms with van der Waals surface area (Å²) in [6.07, 6.45) is 6.33. The van der Waals surface area contributed by atoms with Gasteiger partial charge in [-0.1, -0.05) is 26.0 Å². The molecule has 2 atom stereocenters. The van der Waals surface area contributed by atoms with Gasteiger partial charge in [-0.15, -0.1) is 13.2 Å². The summed E-state index contributed by atoms with van der Waals surface area (Å²) in [5.41, 5.74) is 0. The Morgan fingerprint density at radius 3 is 1.53 bits per heavy atom. The first-order chi connectivity index (χ1) is 8.03. The minimum atomic E-state index is -2.20. The summed E-state index contributed by atoms with van der Waals surface area (Å²) in [5.74, 6) is 0. The minimum Gasteiger partial charge on any atom is -0.391 e. The van der Waals surface area contributed by atoms with Gasteiger partial charge in [-0.25, -0.2) is 0 Å². The highest BCUT2D eigenvalue weighted by molar-refractivity contribution is 6.68. The predicted octanol–water partition coefficient (Wildman–Crippen LogP) is 4.43. The van der Waals surface area contributed by atoms with E-state index in [2.05, 4.69) is 40.9 Å². The van der Waals surface area contributed by atoms with Crippen LogP contribution in [0.3, 0.4) is 0 Å². The average molecular weight is 256 g/mol. The lowest BCUT2D eigenvalue weighted by atomic mass is 10.3. The van der Waals surface area contributed by atoms with E-state index in [9.17, 15) is 0 Å². The largest absolute Gasteiger partial charge is 0.391 e. The number of hydrogen-bond donors (Lipinski definition) is 0. The van der Waals surface area contributed by atoms with Crippen molar-refractivity contribution in [3.05, 3.63) is 25.3 Å². The van der Waals surface area contributed by atoms with E-state index in [0.29, 0.717) is 0 Å². The molecule has 17 heavy (non-hydrogen) atoms. The van der Waals surface area contributed by atoms with Crippen LogP contribution in [0.2, 0.25) is 12.1 Å². The maximum Gasteiger partial charge on any atom is 0.346 e. The first-order valence-electron chi connectivity index (χ1n) is 6.61. The van der Waals surface area contributed by atoms with Gasteiger partial charge in [-0.3, -0.25) is 0 Å². The van der Waals surface area contributed by atoms with Gasteiger partial charge in [0.2, 0.25) is 0 Å². The molecule has 0 aromatic rings. The summed E-state index contributed by atoms with van der Waals surface area (Å²) < 4.78 is 12.4. The predicted molar refractivity (Wildman–Crippen MR) is 77.4 cm³/mol. The Kier molecular flexibility index (Phi) is 8.48. The minimum absolute atomic E-state index is 0.241. The van der Waals surface area contributed by atoms with Crippen LogP contribution >= 0.6 is 0 Å². The molecule has 2 nitrogen and oxygen atoms in total. The normalized spacial score (nSPS) is 15.3. The van der Waals surface area contributed by atoms with Crippen LogP contribution in [0.5, 0.6) is 0 Å². The van der Waals surface area contributed by atoms with Crippen molar-refractivity contribution in [2.24, 2.45) is 0 Å². The third-order valence-corrected chi connectivity index (χ3v) is 6.38. The first-order valence-corrected chi connectivity index (χ1v) is 8.84. The second kappa shape index (κ2) is 8.67. The number of hydrogen-bond acceptors (Lipinski definition) is 2. The van der Waals surface area contributed by atoms with Gasteiger partial charge in [0.1, 0.15) is 0 Å². The molecule has 0 heterocycles. The molecule has 0 bridgehead atoms. The van der Waals surface area contributed by atoms with Crippen LogP contribution < -0.4 is 0 Å². The van der Waals surface area contributed by atoms with E-state index in [-0.39, 0.29) is 12.2 Å². The van der Waals surface area contributed by atoms with Crippen LogP contribution in [0.1, 0.15) is 40.5 Å². The van der Waals surface area contributed by atoms with E-state index in [4.69, 9.17) is 8.85 Å². The van der Waals surface area contributed by atoms with Crippen LogP contribution in [-0.2, 0) is 8.85 Å². The van der Waals surface area contributed by atoms with Crippen molar-refractivity contribution in [3.8, 4) is 0 Å². The second-order valence-corrected chi connectivity index (χ2v) is 7.68. The molecule has 0 aliphatic carbocycles. The molecule has 0 rings (SSSR count). The third kappa shape index (κ3) is 6.20. The molecule has 0 spiro atoms. The monoisotopic (exact) mass is 256 g/mol. The van der Waals surface area contributed by atoms with Crippen LogP contribution in [0.4, 0.5) is 0 Å². The van der Waals surface area contributed by atoms with E-state index in [0.717, 1.165) is 24.9 Å². The molecule has 0 amide bonds. The second-order valence-electron chi connectivity index (χ2n) is 4.57. The zero-order chi connectivity index (χ0) is 13.3. The summed E-state index contributed by atoms with van der Waals surface area (Å²) in [5, 5.41) is 0. The van der Waals surface area contributed by atoms with Gasteiger partial charge < -0.3 is 8.85 Å². The molecule has 0 aromatic heterocycles. The van der Waals surface area contributed by atoms with Gasteiger partial charge in [0, 0.05) is 24.3 Å². The lowest BCUT2D eigenvalue weighted by Gasteiger charge is -2.34. The highest BCUT2D eigenvalue weighted by atomic mass is 28.4. The Hall–Kier alpha value is -0.383. The van der Waals surface area contributed by atoms with Crippen LogP contribution in [0.25, 0.3) is 0 Å². The highest BCUT2D eigenvalue weighted by Gasteiger charge is 2.37. The van der Waals surface area contributed by atoms with Gasteiger partial charge in [0.15, 0.2) is 0 Å². The quantitative estimate of drug-likeness (QED) is 0.425. The van der Waals surface area contributed by atoms with Gasteiger partial charge >= 0.3 is 8.56 Å². The zero-order valence-corrected chi connectivity index (χ0v) is 12.9. The summed E-state index contributed by atoms with van der Waals surface area (Å²) >= 11 is 0. The van der Waals surface area contributed by atoms with Crippen molar-refractivity contribution < 1.29 is 8.85 Å². The first kappa shape index (κ1) is 16.6. The molecule has 0 saturated carbocycles. The topological polar surface area (TPSA) is 18.5 Å². The molecule has 0 aliphatic rings. The van der Waals surface area contributed by atoms with Gasteiger partial charge in [-0.05, 0) is 26.7 Å². The maximum absolute atomic E-state index is 6.21. The number of rotatable bonds is 10. The smallest absolute Gasteiger partial charge is 0.346 e. The molecule has 0 aliphatic heterocycles. The van der Waals surface area contributed by atoms with Gasteiger partial charge in [-0.2, -0.15) is 0 Å². The maximum atomic E-state index is 6.21. The summed E-state index contributed by atoms with van der Waals surface area (Å²) in [6.45, 7) is 16.1. The molecular weight excluding hydrogens is 228 g/mol. The fourth-order valence-corrected chi connectivity index (χ4v) is 4.93. The van der Waals surface area contributed by atoms with E-state index in [1.165, 1.54) is 0 Å². The zero-order valence-electron chi connectivity index (χ0n) is 11.9. The van der Waals surface area contributed by atoms with Crippen molar-refractivity contribution in [3.63, 3.8) is 0 Å². The van der Waals surface area contributed by atoms with Crippen molar-refractivity contribution in [2.75, 3.05) is 0 Å². The Bertz CT molecular complexity index is 204. The van der Waals surface area contributed by atoms with Crippen LogP contribution in [0, 0.1) is 0 Å². The Balaban J connectivity index is 4.81. The standard InChI is InChI=1S/C14H28O2Si/c1-7-11-17(12-8-2,15-13(5)9-3)16-14(6)10-4/h7-8,13-14H,1-2,9-12H2,3-6H3. The van der Waals surface area contributed by atoms with Gasteiger partial charge in [0.25, 0.3) is 0 Å². The summed E-state index contributed by atoms with van der Waals surface area (Å²) in [4.78, 5) is 0. The van der Waals surface area contributed by atoms with Gasteiger partial charge in [0.05, 0.1) is 0 Å². The summed E-state index contributed by atoms with van der Waals surface area (Å²) in [7, 11) is -2.20.